The van der Waals surface area contributed by atoms with Gasteiger partial charge in [-0.1, -0.05) is 30.3 Å². The number of hydrogen-bond acceptors (Lipinski definition) is 3. The summed E-state index contributed by atoms with van der Waals surface area (Å²) in [6.45, 7) is 2.57. The summed E-state index contributed by atoms with van der Waals surface area (Å²) in [6.07, 6.45) is 5.59. The highest BCUT2D eigenvalue weighted by Crippen LogP contribution is 2.06. The van der Waals surface area contributed by atoms with Gasteiger partial charge in [0.25, 0.3) is 5.91 Å². The van der Waals surface area contributed by atoms with E-state index in [9.17, 15) is 4.79 Å². The lowest BCUT2D eigenvalue weighted by molar-refractivity contribution is 0.0930. The normalized spacial score (nSPS) is 18.4. The molecule has 1 amide bonds. The average Bonchev–Trinajstić information content (AvgIpc) is 2.98. The molecular formula is C16H20N4O. The molecule has 1 aromatic carbocycles. The highest BCUT2D eigenvalue weighted by Gasteiger charge is 2.17. The molecule has 0 bridgehead atoms. The first-order valence-electron chi connectivity index (χ1n) is 7.39. The fourth-order valence-electron chi connectivity index (χ4n) is 2.58. The summed E-state index contributed by atoms with van der Waals surface area (Å²) in [7, 11) is 0. The second kappa shape index (κ2) is 6.54. The van der Waals surface area contributed by atoms with Crippen molar-refractivity contribution in [2.24, 2.45) is 0 Å². The average molecular weight is 284 g/mol. The second-order valence-electron chi connectivity index (χ2n) is 5.43. The Kier molecular flexibility index (Phi) is 4.31. The van der Waals surface area contributed by atoms with E-state index in [1.807, 2.05) is 18.2 Å². The van der Waals surface area contributed by atoms with E-state index in [2.05, 4.69) is 27.9 Å². The molecule has 0 radical (unpaired) electrons. The molecule has 5 heteroatoms. The van der Waals surface area contributed by atoms with Crippen LogP contribution in [-0.4, -0.2) is 34.8 Å². The monoisotopic (exact) mass is 284 g/mol. The van der Waals surface area contributed by atoms with Crippen LogP contribution in [0, 0.1) is 0 Å². The number of carbonyl (C=O) groups excluding carboxylic acids is 1. The van der Waals surface area contributed by atoms with Crippen molar-refractivity contribution in [1.82, 2.24) is 20.4 Å². The van der Waals surface area contributed by atoms with E-state index in [0.717, 1.165) is 25.9 Å². The largest absolute Gasteiger partial charge is 0.348 e. The molecule has 5 nitrogen and oxygen atoms in total. The summed E-state index contributed by atoms with van der Waals surface area (Å²) in [5.41, 5.74) is 1.79. The van der Waals surface area contributed by atoms with Crippen molar-refractivity contribution in [3.8, 4) is 0 Å². The highest BCUT2D eigenvalue weighted by atomic mass is 16.1. The van der Waals surface area contributed by atoms with Gasteiger partial charge < -0.3 is 10.6 Å². The number of hydrogen-bond donors (Lipinski definition) is 2. The fraction of sp³-hybridized carbons (Fsp3) is 0.375. The molecule has 0 saturated carbocycles. The third kappa shape index (κ3) is 3.70. The number of amides is 1. The van der Waals surface area contributed by atoms with Crippen LogP contribution < -0.4 is 10.6 Å². The lowest BCUT2D eigenvalue weighted by Crippen LogP contribution is -2.45. The summed E-state index contributed by atoms with van der Waals surface area (Å²) in [6, 6.07) is 10.3. The van der Waals surface area contributed by atoms with Gasteiger partial charge in [0.2, 0.25) is 0 Å². The van der Waals surface area contributed by atoms with E-state index < -0.39 is 0 Å². The lowest BCUT2D eigenvalue weighted by atomic mass is 10.1. The Morgan fingerprint density at radius 2 is 2.24 bits per heavy atom. The molecule has 1 fully saturated rings. The van der Waals surface area contributed by atoms with Gasteiger partial charge in [-0.05, 0) is 24.9 Å². The molecule has 1 aliphatic heterocycles. The van der Waals surface area contributed by atoms with Crippen LogP contribution in [-0.2, 0) is 6.54 Å². The predicted molar refractivity (Wildman–Crippen MR) is 81.1 cm³/mol. The molecule has 1 aromatic heterocycles. The number of piperidine rings is 1. The molecule has 2 heterocycles. The number of benzene rings is 1. The minimum absolute atomic E-state index is 0.0389. The summed E-state index contributed by atoms with van der Waals surface area (Å²) in [5.74, 6) is -0.0389. The summed E-state index contributed by atoms with van der Waals surface area (Å²) in [4.78, 5) is 12.2. The first-order chi connectivity index (χ1) is 10.3. The Morgan fingerprint density at radius 3 is 3.00 bits per heavy atom. The molecule has 2 aromatic rings. The molecule has 0 aliphatic carbocycles. The summed E-state index contributed by atoms with van der Waals surface area (Å²) < 4.78 is 1.80. The zero-order valence-corrected chi connectivity index (χ0v) is 12.0. The van der Waals surface area contributed by atoms with Crippen molar-refractivity contribution < 1.29 is 4.79 Å². The van der Waals surface area contributed by atoms with Gasteiger partial charge >= 0.3 is 0 Å². The topological polar surface area (TPSA) is 59.0 Å². The van der Waals surface area contributed by atoms with Gasteiger partial charge in [-0.3, -0.25) is 9.48 Å². The second-order valence-corrected chi connectivity index (χ2v) is 5.43. The molecule has 1 unspecified atom stereocenters. The van der Waals surface area contributed by atoms with Gasteiger partial charge in [0.05, 0.1) is 18.3 Å². The fourth-order valence-corrected chi connectivity index (χ4v) is 2.58. The number of nitrogens with one attached hydrogen (secondary N) is 2. The number of carbonyl (C=O) groups is 1. The third-order valence-electron chi connectivity index (χ3n) is 3.71. The Bertz CT molecular complexity index is 587. The van der Waals surface area contributed by atoms with Crippen LogP contribution >= 0.6 is 0 Å². The van der Waals surface area contributed by atoms with E-state index in [4.69, 9.17) is 0 Å². The van der Waals surface area contributed by atoms with Gasteiger partial charge in [0, 0.05) is 18.8 Å². The maximum Gasteiger partial charge on any atom is 0.254 e. The van der Waals surface area contributed by atoms with Crippen molar-refractivity contribution >= 4 is 5.91 Å². The zero-order valence-electron chi connectivity index (χ0n) is 12.0. The number of aromatic nitrogens is 2. The first kappa shape index (κ1) is 13.8. The third-order valence-corrected chi connectivity index (χ3v) is 3.71. The van der Waals surface area contributed by atoms with Crippen LogP contribution in [0.25, 0.3) is 0 Å². The van der Waals surface area contributed by atoms with Crippen molar-refractivity contribution in [2.75, 3.05) is 13.1 Å². The van der Waals surface area contributed by atoms with Crippen LogP contribution in [0.3, 0.4) is 0 Å². The molecule has 1 aliphatic rings. The zero-order chi connectivity index (χ0) is 14.5. The Labute approximate surface area is 124 Å². The van der Waals surface area contributed by atoms with Gasteiger partial charge in [0.15, 0.2) is 0 Å². The van der Waals surface area contributed by atoms with Gasteiger partial charge in [-0.2, -0.15) is 5.10 Å². The van der Waals surface area contributed by atoms with Gasteiger partial charge in [-0.25, -0.2) is 0 Å². The van der Waals surface area contributed by atoms with Crippen LogP contribution in [0.2, 0.25) is 0 Å². The standard InChI is InChI=1S/C16H20N4O/c21-16(19-15-7-4-8-17-10-15)14-9-18-20(12-14)11-13-5-2-1-3-6-13/h1-3,5-6,9,12,15,17H,4,7-8,10-11H2,(H,19,21). The van der Waals surface area contributed by atoms with Gasteiger partial charge in [-0.15, -0.1) is 0 Å². The smallest absolute Gasteiger partial charge is 0.254 e. The minimum Gasteiger partial charge on any atom is -0.348 e. The van der Waals surface area contributed by atoms with Crippen LogP contribution in [0.1, 0.15) is 28.8 Å². The van der Waals surface area contributed by atoms with E-state index >= 15 is 0 Å². The maximum absolute atomic E-state index is 12.2. The molecule has 1 saturated heterocycles. The van der Waals surface area contributed by atoms with E-state index in [1.165, 1.54) is 5.56 Å². The first-order valence-corrected chi connectivity index (χ1v) is 7.39. The SMILES string of the molecule is O=C(NC1CCCNC1)c1cnn(Cc2ccccc2)c1. The van der Waals surface area contributed by atoms with E-state index in [0.29, 0.717) is 12.1 Å². The molecular weight excluding hydrogens is 264 g/mol. The molecule has 0 spiro atoms. The summed E-state index contributed by atoms with van der Waals surface area (Å²) >= 11 is 0. The van der Waals surface area contributed by atoms with Crippen LogP contribution in [0.15, 0.2) is 42.7 Å². The maximum atomic E-state index is 12.2. The Hall–Kier alpha value is -2.14. The van der Waals surface area contributed by atoms with Crippen molar-refractivity contribution in [2.45, 2.75) is 25.4 Å². The molecule has 1 atom stereocenters. The molecule has 110 valence electrons. The Morgan fingerprint density at radius 1 is 1.38 bits per heavy atom. The number of nitrogens with zero attached hydrogens (tertiary/aromatic N) is 2. The predicted octanol–water partition coefficient (Wildman–Crippen LogP) is 1.41. The molecule has 3 rings (SSSR count). The Balaban J connectivity index is 1.60. The van der Waals surface area contributed by atoms with Gasteiger partial charge in [0.1, 0.15) is 0 Å². The number of rotatable bonds is 4. The highest BCUT2D eigenvalue weighted by molar-refractivity contribution is 5.93. The summed E-state index contributed by atoms with van der Waals surface area (Å²) in [5, 5.41) is 10.6. The van der Waals surface area contributed by atoms with Crippen molar-refractivity contribution in [3.63, 3.8) is 0 Å². The van der Waals surface area contributed by atoms with Crippen LogP contribution in [0.4, 0.5) is 0 Å². The van der Waals surface area contributed by atoms with Crippen molar-refractivity contribution in [1.29, 1.82) is 0 Å². The lowest BCUT2D eigenvalue weighted by Gasteiger charge is -2.23. The van der Waals surface area contributed by atoms with E-state index in [1.54, 1.807) is 17.1 Å². The minimum atomic E-state index is -0.0389. The van der Waals surface area contributed by atoms with E-state index in [-0.39, 0.29) is 11.9 Å². The van der Waals surface area contributed by atoms with Crippen LogP contribution in [0.5, 0.6) is 0 Å². The molecule has 2 N–H and O–H groups in total. The molecule has 21 heavy (non-hydrogen) atoms. The quantitative estimate of drug-likeness (QED) is 0.892. The van der Waals surface area contributed by atoms with Crippen molar-refractivity contribution in [3.05, 3.63) is 53.9 Å².